The molecule has 0 radical (unpaired) electrons. The summed E-state index contributed by atoms with van der Waals surface area (Å²) in [6.45, 7) is 0. The van der Waals surface area contributed by atoms with E-state index in [1.165, 1.54) is 18.3 Å². The minimum Gasteiger partial charge on any atom is -0.353 e. The number of nitrogens with one attached hydrogen (secondary N) is 1. The zero-order valence-corrected chi connectivity index (χ0v) is 12.4. The third kappa shape index (κ3) is 2.58. The molecule has 2 aromatic carbocycles. The van der Waals surface area contributed by atoms with Gasteiger partial charge in [-0.05, 0) is 40.2 Å². The maximum absolute atomic E-state index is 13.4. The molecule has 0 bridgehead atoms. The molecule has 0 aliphatic rings. The molecule has 0 aliphatic carbocycles. The van der Waals surface area contributed by atoms with Gasteiger partial charge in [0.2, 0.25) is 0 Å². The van der Waals surface area contributed by atoms with Gasteiger partial charge in [-0.3, -0.25) is 4.98 Å². The lowest BCUT2D eigenvalue weighted by molar-refractivity contribution is 0.628. The van der Waals surface area contributed by atoms with E-state index >= 15 is 0 Å². The van der Waals surface area contributed by atoms with Crippen LogP contribution in [0.15, 0.2) is 53.1 Å². The van der Waals surface area contributed by atoms with Crippen LogP contribution < -0.4 is 5.32 Å². The largest absolute Gasteiger partial charge is 0.353 e. The van der Waals surface area contributed by atoms with Crippen molar-refractivity contribution in [2.24, 2.45) is 0 Å². The third-order valence-electron chi connectivity index (χ3n) is 3.08. The molecule has 0 unspecified atom stereocenters. The van der Waals surface area contributed by atoms with Gasteiger partial charge in [0.25, 0.3) is 0 Å². The van der Waals surface area contributed by atoms with Crippen LogP contribution >= 0.6 is 15.9 Å². The Morgan fingerprint density at radius 1 is 1.19 bits per heavy atom. The number of para-hydroxylation sites is 1. The lowest BCUT2D eigenvalue weighted by Gasteiger charge is -2.12. The van der Waals surface area contributed by atoms with E-state index in [1.54, 1.807) is 6.07 Å². The molecule has 102 valence electrons. The molecule has 1 N–H and O–H groups in total. The summed E-state index contributed by atoms with van der Waals surface area (Å²) in [5, 5.41) is 13.2. The summed E-state index contributed by atoms with van der Waals surface area (Å²) < 4.78 is 14.1. The van der Waals surface area contributed by atoms with Gasteiger partial charge in [-0.25, -0.2) is 4.39 Å². The van der Waals surface area contributed by atoms with Crippen LogP contribution in [0.2, 0.25) is 0 Å². The highest BCUT2D eigenvalue weighted by Gasteiger charge is 2.10. The van der Waals surface area contributed by atoms with E-state index in [1.807, 2.05) is 24.3 Å². The van der Waals surface area contributed by atoms with E-state index in [9.17, 15) is 9.65 Å². The number of hydrogen-bond donors (Lipinski definition) is 1. The number of benzene rings is 2. The summed E-state index contributed by atoms with van der Waals surface area (Å²) in [6, 6.07) is 14.0. The second-order valence-electron chi connectivity index (χ2n) is 4.42. The Balaban J connectivity index is 2.19. The Bertz CT molecular complexity index is 871. The van der Waals surface area contributed by atoms with Gasteiger partial charge in [-0.2, -0.15) is 5.26 Å². The van der Waals surface area contributed by atoms with Crippen molar-refractivity contribution in [3.63, 3.8) is 0 Å². The summed E-state index contributed by atoms with van der Waals surface area (Å²) in [6.07, 6.45) is 1.51. The molecule has 0 fully saturated rings. The summed E-state index contributed by atoms with van der Waals surface area (Å²) in [5.41, 5.74) is 2.36. The van der Waals surface area contributed by atoms with Crippen molar-refractivity contribution < 1.29 is 4.39 Å². The van der Waals surface area contributed by atoms with E-state index in [0.717, 1.165) is 10.9 Å². The molecule has 0 amide bonds. The quantitative estimate of drug-likeness (QED) is 0.731. The molecule has 0 atom stereocenters. The smallest absolute Gasteiger partial charge is 0.125 e. The number of anilines is 2. The minimum atomic E-state index is -0.349. The molecule has 0 spiro atoms. The van der Waals surface area contributed by atoms with Crippen molar-refractivity contribution >= 4 is 38.2 Å². The van der Waals surface area contributed by atoms with Crippen LogP contribution in [-0.2, 0) is 0 Å². The van der Waals surface area contributed by atoms with Crippen LogP contribution in [0, 0.1) is 17.1 Å². The maximum Gasteiger partial charge on any atom is 0.125 e. The van der Waals surface area contributed by atoms with Crippen molar-refractivity contribution in [3.05, 3.63) is 64.5 Å². The van der Waals surface area contributed by atoms with Crippen LogP contribution in [0.5, 0.6) is 0 Å². The van der Waals surface area contributed by atoms with Crippen molar-refractivity contribution in [1.82, 2.24) is 4.98 Å². The van der Waals surface area contributed by atoms with Crippen LogP contribution in [0.3, 0.4) is 0 Å². The highest BCUT2D eigenvalue weighted by Crippen LogP contribution is 2.32. The van der Waals surface area contributed by atoms with Gasteiger partial charge >= 0.3 is 0 Å². The Hall–Kier alpha value is -2.45. The van der Waals surface area contributed by atoms with E-state index < -0.39 is 0 Å². The number of fused-ring (bicyclic) bond motifs is 1. The molecular formula is C16H9BrFN3. The monoisotopic (exact) mass is 341 g/mol. The molecule has 0 saturated heterocycles. The zero-order valence-electron chi connectivity index (χ0n) is 10.8. The first kappa shape index (κ1) is 13.5. The summed E-state index contributed by atoms with van der Waals surface area (Å²) in [4.78, 5) is 4.25. The molecule has 3 aromatic rings. The zero-order chi connectivity index (χ0) is 14.8. The highest BCUT2D eigenvalue weighted by atomic mass is 79.9. The van der Waals surface area contributed by atoms with Crippen molar-refractivity contribution in [3.8, 4) is 6.07 Å². The van der Waals surface area contributed by atoms with Gasteiger partial charge in [-0.1, -0.05) is 18.2 Å². The molecule has 5 heteroatoms. The number of nitriles is 1. The molecule has 3 nitrogen and oxygen atoms in total. The topological polar surface area (TPSA) is 48.7 Å². The van der Waals surface area contributed by atoms with Gasteiger partial charge in [0.15, 0.2) is 0 Å². The van der Waals surface area contributed by atoms with E-state index in [0.29, 0.717) is 21.4 Å². The molecule has 21 heavy (non-hydrogen) atoms. The van der Waals surface area contributed by atoms with E-state index in [-0.39, 0.29) is 5.82 Å². The van der Waals surface area contributed by atoms with E-state index in [2.05, 4.69) is 32.3 Å². The summed E-state index contributed by atoms with van der Waals surface area (Å²) >= 11 is 3.37. The van der Waals surface area contributed by atoms with Gasteiger partial charge < -0.3 is 5.32 Å². The van der Waals surface area contributed by atoms with Gasteiger partial charge in [0.05, 0.1) is 22.5 Å². The Labute approximate surface area is 129 Å². The average Bonchev–Trinajstić information content (AvgIpc) is 2.51. The molecular weight excluding hydrogens is 333 g/mol. The minimum absolute atomic E-state index is 0.349. The fourth-order valence-electron chi connectivity index (χ4n) is 2.09. The number of pyridine rings is 1. The van der Waals surface area contributed by atoms with Crippen molar-refractivity contribution in [1.29, 1.82) is 5.26 Å². The fourth-order valence-corrected chi connectivity index (χ4v) is 2.43. The number of halogens is 2. The molecule has 1 aromatic heterocycles. The molecule has 1 heterocycles. The molecule has 0 aliphatic heterocycles. The number of rotatable bonds is 2. The van der Waals surface area contributed by atoms with Gasteiger partial charge in [-0.15, -0.1) is 0 Å². The predicted molar refractivity (Wildman–Crippen MR) is 83.8 cm³/mol. The highest BCUT2D eigenvalue weighted by molar-refractivity contribution is 9.10. The third-order valence-corrected chi connectivity index (χ3v) is 3.78. The van der Waals surface area contributed by atoms with Gasteiger partial charge in [0.1, 0.15) is 11.9 Å². The number of aromatic nitrogens is 1. The molecule has 3 rings (SSSR count). The maximum atomic E-state index is 13.4. The second-order valence-corrected chi connectivity index (χ2v) is 5.28. The van der Waals surface area contributed by atoms with E-state index in [4.69, 9.17) is 0 Å². The fraction of sp³-hybridized carbons (Fsp3) is 0. The van der Waals surface area contributed by atoms with Crippen LogP contribution in [0.1, 0.15) is 5.56 Å². The number of nitrogens with zero attached hydrogens (tertiary/aromatic N) is 2. The first-order valence-electron chi connectivity index (χ1n) is 6.19. The Morgan fingerprint density at radius 3 is 2.81 bits per heavy atom. The lowest BCUT2D eigenvalue weighted by atomic mass is 10.1. The predicted octanol–water partition coefficient (Wildman–Crippen LogP) is 4.75. The SMILES string of the molecule is N#Cc1cnc2ccccc2c1Nc1cc(F)ccc1Br. The van der Waals surface area contributed by atoms with Crippen molar-refractivity contribution in [2.75, 3.05) is 5.32 Å². The Kier molecular flexibility index (Phi) is 3.55. The van der Waals surface area contributed by atoms with Crippen LogP contribution in [0.25, 0.3) is 10.9 Å². The lowest BCUT2D eigenvalue weighted by Crippen LogP contribution is -1.98. The average molecular weight is 342 g/mol. The summed E-state index contributed by atoms with van der Waals surface area (Å²) in [7, 11) is 0. The first-order valence-corrected chi connectivity index (χ1v) is 6.98. The first-order chi connectivity index (χ1) is 10.2. The normalized spacial score (nSPS) is 10.3. The van der Waals surface area contributed by atoms with Gasteiger partial charge in [0, 0.05) is 16.1 Å². The standard InChI is InChI=1S/C16H9BrFN3/c17-13-6-5-11(18)7-15(13)21-16-10(8-19)9-20-14-4-2-1-3-12(14)16/h1-7,9H,(H,20,21). The Morgan fingerprint density at radius 2 is 2.00 bits per heavy atom. The van der Waals surface area contributed by atoms with Crippen LogP contribution in [0.4, 0.5) is 15.8 Å². The van der Waals surface area contributed by atoms with Crippen LogP contribution in [-0.4, -0.2) is 4.98 Å². The number of hydrogen-bond acceptors (Lipinski definition) is 3. The summed E-state index contributed by atoms with van der Waals surface area (Å²) in [5.74, 6) is -0.349. The van der Waals surface area contributed by atoms with Crippen molar-refractivity contribution in [2.45, 2.75) is 0 Å². The molecule has 0 saturated carbocycles. The second kappa shape index (κ2) is 5.51.